The number of benzene rings is 8. The Kier molecular flexibility index (Phi) is 5.89. The Morgan fingerprint density at radius 3 is 1.50 bits per heavy atom. The standard InChI is InChI=1S/C50H32/c1-2-13-41-39(11-1)40-12-3-6-16-44(40)49-30-36(23-24-45(41)49)35-22-21-33-27-32(19-20-34(33)28-35)31-9-7-10-37(29-31)38-25-26-48-43-15-5-4-14-42(43)47-18-8-17-46(38)50(47)48/h1-30,46,50H. The fourth-order valence-electron chi connectivity index (χ4n) is 9.09. The van der Waals surface area contributed by atoms with Crippen LogP contribution >= 0.6 is 0 Å². The largest absolute Gasteiger partial charge is 0.0760 e. The molecule has 2 unspecified atom stereocenters. The number of rotatable bonds is 3. The van der Waals surface area contributed by atoms with Crippen LogP contribution in [0, 0.1) is 11.8 Å². The van der Waals surface area contributed by atoms with Crippen LogP contribution in [-0.4, -0.2) is 0 Å². The fraction of sp³-hybridized carbons (Fsp3) is 0.0400. The van der Waals surface area contributed by atoms with Crippen molar-refractivity contribution in [3.8, 4) is 22.3 Å². The van der Waals surface area contributed by atoms with Gasteiger partial charge in [0.1, 0.15) is 0 Å². The lowest BCUT2D eigenvalue weighted by Crippen LogP contribution is -2.18. The highest BCUT2D eigenvalue weighted by molar-refractivity contribution is 6.25. The lowest BCUT2D eigenvalue weighted by atomic mass is 9.72. The SMILES string of the molecule is C1=CC2C(c3cccc(-c4ccc5cc(-c6ccc7c8ccccc8c8ccccc8c7c6)ccc5c4)c3)=CC=C3c4ccccc4C(=C1)C32. The van der Waals surface area contributed by atoms with E-state index in [1.165, 1.54) is 98.8 Å². The molecule has 3 aliphatic rings. The van der Waals surface area contributed by atoms with Gasteiger partial charge in [-0.15, -0.1) is 0 Å². The summed E-state index contributed by atoms with van der Waals surface area (Å²) in [5.74, 6) is 0.746. The van der Waals surface area contributed by atoms with Crippen LogP contribution in [0.4, 0.5) is 0 Å². The van der Waals surface area contributed by atoms with Crippen molar-refractivity contribution < 1.29 is 0 Å². The molecule has 0 saturated heterocycles. The summed E-state index contributed by atoms with van der Waals surface area (Å²) in [4.78, 5) is 0. The van der Waals surface area contributed by atoms with Gasteiger partial charge in [0.25, 0.3) is 0 Å². The molecule has 0 nitrogen and oxygen atoms in total. The van der Waals surface area contributed by atoms with Crippen LogP contribution in [0.5, 0.6) is 0 Å². The number of hydrogen-bond acceptors (Lipinski definition) is 0. The molecule has 0 saturated carbocycles. The van der Waals surface area contributed by atoms with Gasteiger partial charge in [-0.1, -0.05) is 158 Å². The van der Waals surface area contributed by atoms with Crippen LogP contribution in [0.25, 0.3) is 82.1 Å². The maximum Gasteiger partial charge on any atom is 0.0205 e. The van der Waals surface area contributed by atoms with Crippen LogP contribution in [-0.2, 0) is 0 Å². The summed E-state index contributed by atoms with van der Waals surface area (Å²) in [7, 11) is 0. The highest BCUT2D eigenvalue weighted by Crippen LogP contribution is 2.55. The quantitative estimate of drug-likeness (QED) is 0.170. The minimum absolute atomic E-state index is 0.347. The first-order chi connectivity index (χ1) is 24.8. The monoisotopic (exact) mass is 632 g/mol. The van der Waals surface area contributed by atoms with E-state index in [4.69, 9.17) is 0 Å². The summed E-state index contributed by atoms with van der Waals surface area (Å²) in [6.45, 7) is 0. The van der Waals surface area contributed by atoms with E-state index in [1.54, 1.807) is 0 Å². The second-order valence-corrected chi connectivity index (χ2v) is 14.0. The van der Waals surface area contributed by atoms with E-state index in [-0.39, 0.29) is 0 Å². The van der Waals surface area contributed by atoms with Crippen molar-refractivity contribution in [1.82, 2.24) is 0 Å². The summed E-state index contributed by atoms with van der Waals surface area (Å²) in [5, 5.41) is 10.4. The second kappa shape index (κ2) is 10.6. The zero-order valence-electron chi connectivity index (χ0n) is 27.5. The molecule has 0 radical (unpaired) electrons. The average molecular weight is 633 g/mol. The first kappa shape index (κ1) is 27.7. The summed E-state index contributed by atoms with van der Waals surface area (Å²) in [6.07, 6.45) is 11.7. The lowest BCUT2D eigenvalue weighted by Gasteiger charge is -2.31. The van der Waals surface area contributed by atoms with Gasteiger partial charge in [0.2, 0.25) is 0 Å². The van der Waals surface area contributed by atoms with E-state index in [2.05, 4.69) is 182 Å². The molecule has 2 atom stereocenters. The third-order valence-electron chi connectivity index (χ3n) is 11.4. The van der Waals surface area contributed by atoms with Gasteiger partial charge in [-0.25, -0.2) is 0 Å². The van der Waals surface area contributed by atoms with Gasteiger partial charge in [-0.3, -0.25) is 0 Å². The molecule has 0 bridgehead atoms. The molecule has 0 heterocycles. The van der Waals surface area contributed by atoms with Crippen LogP contribution in [0.1, 0.15) is 16.7 Å². The predicted octanol–water partition coefficient (Wildman–Crippen LogP) is 13.3. The van der Waals surface area contributed by atoms with Gasteiger partial charge >= 0.3 is 0 Å². The Labute approximate surface area is 291 Å². The van der Waals surface area contributed by atoms with Crippen molar-refractivity contribution in [3.05, 3.63) is 199 Å². The van der Waals surface area contributed by atoms with Crippen molar-refractivity contribution in [2.24, 2.45) is 11.8 Å². The van der Waals surface area contributed by atoms with Gasteiger partial charge in [-0.2, -0.15) is 0 Å². The maximum absolute atomic E-state index is 2.40. The molecule has 0 N–H and O–H groups in total. The molecule has 0 fully saturated rings. The summed E-state index contributed by atoms with van der Waals surface area (Å²) in [5.41, 5.74) is 13.4. The fourth-order valence-corrected chi connectivity index (χ4v) is 9.09. The highest BCUT2D eigenvalue weighted by Gasteiger charge is 2.40. The smallest absolute Gasteiger partial charge is 0.0205 e. The van der Waals surface area contributed by atoms with Gasteiger partial charge in [-0.05, 0) is 123 Å². The van der Waals surface area contributed by atoms with E-state index in [9.17, 15) is 0 Å². The molecule has 0 amide bonds. The number of allylic oxidation sites excluding steroid dienone is 8. The third-order valence-corrected chi connectivity index (χ3v) is 11.4. The second-order valence-electron chi connectivity index (χ2n) is 14.0. The van der Waals surface area contributed by atoms with Crippen LogP contribution < -0.4 is 0 Å². The molecule has 11 rings (SSSR count). The third kappa shape index (κ3) is 4.06. The van der Waals surface area contributed by atoms with Crippen LogP contribution in [0.3, 0.4) is 0 Å². The van der Waals surface area contributed by atoms with E-state index in [1.807, 2.05) is 0 Å². The maximum atomic E-state index is 2.40. The van der Waals surface area contributed by atoms with Crippen LogP contribution in [0.15, 0.2) is 182 Å². The lowest BCUT2D eigenvalue weighted by molar-refractivity contribution is 0.725. The zero-order valence-corrected chi connectivity index (χ0v) is 27.5. The van der Waals surface area contributed by atoms with E-state index in [0.29, 0.717) is 11.8 Å². The van der Waals surface area contributed by atoms with Crippen LogP contribution in [0.2, 0.25) is 0 Å². The number of fused-ring (bicyclic) bond motifs is 10. The molecule has 232 valence electrons. The van der Waals surface area contributed by atoms with E-state index in [0.717, 1.165) is 0 Å². The summed E-state index contributed by atoms with van der Waals surface area (Å²) < 4.78 is 0. The van der Waals surface area contributed by atoms with Crippen molar-refractivity contribution in [1.29, 1.82) is 0 Å². The van der Waals surface area contributed by atoms with Crippen molar-refractivity contribution in [2.75, 3.05) is 0 Å². The Morgan fingerprint density at radius 2 is 0.820 bits per heavy atom. The Bertz CT molecular complexity index is 2840. The normalized spacial score (nSPS) is 17.5. The average Bonchev–Trinajstić information content (AvgIpc) is 3.52. The Balaban J connectivity index is 0.951. The number of hydrogen-bond donors (Lipinski definition) is 0. The summed E-state index contributed by atoms with van der Waals surface area (Å²) >= 11 is 0. The molecule has 0 aliphatic heterocycles. The van der Waals surface area contributed by atoms with Gasteiger partial charge in [0, 0.05) is 11.8 Å². The first-order valence-corrected chi connectivity index (χ1v) is 17.7. The minimum atomic E-state index is 0.347. The molecule has 0 heteroatoms. The topological polar surface area (TPSA) is 0 Å². The molecule has 50 heavy (non-hydrogen) atoms. The molecule has 0 spiro atoms. The molecule has 8 aromatic carbocycles. The van der Waals surface area contributed by atoms with Gasteiger partial charge < -0.3 is 0 Å². The molecule has 3 aliphatic carbocycles. The molecule has 0 aromatic heterocycles. The van der Waals surface area contributed by atoms with Crippen molar-refractivity contribution >= 4 is 59.8 Å². The Morgan fingerprint density at radius 1 is 0.320 bits per heavy atom. The summed E-state index contributed by atoms with van der Waals surface area (Å²) in [6, 6.07) is 56.4. The first-order valence-electron chi connectivity index (χ1n) is 17.7. The van der Waals surface area contributed by atoms with Crippen molar-refractivity contribution in [3.63, 3.8) is 0 Å². The van der Waals surface area contributed by atoms with Crippen molar-refractivity contribution in [2.45, 2.75) is 0 Å². The molecular formula is C50H32. The highest BCUT2D eigenvalue weighted by atomic mass is 14.4. The minimum Gasteiger partial charge on any atom is -0.0760 e. The molecule has 8 aromatic rings. The molecular weight excluding hydrogens is 601 g/mol. The Hall–Kier alpha value is -6.24. The van der Waals surface area contributed by atoms with E-state index >= 15 is 0 Å². The predicted molar refractivity (Wildman–Crippen MR) is 214 cm³/mol. The van der Waals surface area contributed by atoms with E-state index < -0.39 is 0 Å². The van der Waals surface area contributed by atoms with Gasteiger partial charge in [0.05, 0.1) is 0 Å². The van der Waals surface area contributed by atoms with Gasteiger partial charge in [0.15, 0.2) is 0 Å². The zero-order chi connectivity index (χ0) is 32.8.